The molecule has 2 aromatic rings. The summed E-state index contributed by atoms with van der Waals surface area (Å²) in [6, 6.07) is -12.1. The van der Waals surface area contributed by atoms with Crippen molar-refractivity contribution in [2.45, 2.75) is 243 Å². The predicted octanol–water partition coefficient (Wildman–Crippen LogP) is -3.46. The Labute approximate surface area is 628 Å². The van der Waals surface area contributed by atoms with E-state index < -0.39 is 205 Å². The number of benzene rings is 1. The number of primary amides is 1. The normalized spacial score (nSPS) is 16.6. The molecule has 37 heteroatoms. The van der Waals surface area contributed by atoms with Crippen LogP contribution in [0.4, 0.5) is 0 Å². The number of nitrogens with one attached hydrogen (secondary N) is 12. The average molecular weight is 1530 g/mol. The molecule has 36 nitrogen and oxygen atoms in total. The molecule has 0 radical (unpaired) electrons. The summed E-state index contributed by atoms with van der Waals surface area (Å²) in [5.74, 6) is -16.7. The molecule has 0 spiro atoms. The lowest BCUT2D eigenvalue weighted by Gasteiger charge is -2.31. The van der Waals surface area contributed by atoms with E-state index in [0.717, 1.165) is 0 Å². The van der Waals surface area contributed by atoms with Gasteiger partial charge in [0.15, 0.2) is 6.04 Å². The van der Waals surface area contributed by atoms with Gasteiger partial charge in [-0.3, -0.25) is 67.1 Å². The van der Waals surface area contributed by atoms with Gasteiger partial charge >= 0.3 is 11.9 Å². The molecule has 1 aliphatic rings. The number of fused-ring (bicyclic) bond motifs is 1. The fraction of sp³-hybridized carbons (Fsp3) is 0.671. The maximum Gasteiger partial charge on any atom is 0.328 e. The first-order chi connectivity index (χ1) is 50.4. The van der Waals surface area contributed by atoms with Crippen LogP contribution in [0.15, 0.2) is 30.5 Å². The Balaban J connectivity index is 1.85. The number of rotatable bonds is 49. The third-order valence-electron chi connectivity index (χ3n) is 17.7. The van der Waals surface area contributed by atoms with Gasteiger partial charge in [0.25, 0.3) is 0 Å². The van der Waals surface area contributed by atoms with Crippen LogP contribution in [-0.4, -0.2) is 236 Å². The van der Waals surface area contributed by atoms with Crippen molar-refractivity contribution in [3.63, 3.8) is 0 Å². The Morgan fingerprint density at radius 2 is 1.00 bits per heavy atom. The van der Waals surface area contributed by atoms with Gasteiger partial charge in [-0.05, 0) is 132 Å². The van der Waals surface area contributed by atoms with Gasteiger partial charge in [-0.15, -0.1) is 0 Å². The smallest absolute Gasteiger partial charge is 0.328 e. The summed E-state index contributed by atoms with van der Waals surface area (Å²) in [6.45, 7) is 14.3. The molecular weight excluding hydrogens is 1410 g/mol. The topological polar surface area (TPSA) is 592 Å². The van der Waals surface area contributed by atoms with Gasteiger partial charge < -0.3 is 112 Å². The highest BCUT2D eigenvalue weighted by molar-refractivity contribution is 7.80. The van der Waals surface area contributed by atoms with Crippen LogP contribution >= 0.6 is 12.6 Å². The van der Waals surface area contributed by atoms with E-state index in [0.29, 0.717) is 42.1 Å². The van der Waals surface area contributed by atoms with E-state index in [1.807, 2.05) is 13.8 Å². The average Bonchev–Trinajstić information content (AvgIpc) is 1.72. The molecule has 0 saturated carbocycles. The standard InChI is InChI=1S/C70H115N17O19S/c1-35(2)27-42(73)58(93)79-49(30-40-32-75-43-18-11-10-17-41(40)43)62(97)82-50(31-55(91)92)63(98)76-45(22-23-54(74)90)60(95)83-51(33-88)65(100)81-47(28-36(3)4)61(96)78-46(20-13-15-25-72)69(104)87-26-16-21-53(87)67(102)84-52(34-107)66(101)85-56(38(7)8)68(103)77-44(19-12-14-24-71)59(94)80-48(29-37(5)6)64(99)86-57(39(9)89)70(105)106/h10-11,17-18,32,35-39,42,44-53,56-57,75,88-89,107H,12-16,19-31,33-34,71-73H2,1-9H3,(H2,74,90)(H,76,98)(H,77,103)(H,78,96)(H,79,93)(H,80,94)(H,81,100)(H,82,97)(H,83,95)(H,84,102)(H,85,101)(H,86,99)(H,91,92)(H,105,106)/t39-,42+,44+,45+,46+,47+,48+,49+,50+,51+,52+,53+,56+,57+/m1/s1. The van der Waals surface area contributed by atoms with E-state index in [2.05, 4.69) is 76.1 Å². The number of amides is 13. The number of aromatic amines is 1. The van der Waals surface area contributed by atoms with Gasteiger partial charge in [0, 0.05) is 42.2 Å². The summed E-state index contributed by atoms with van der Waals surface area (Å²) in [4.78, 5) is 210. The molecule has 600 valence electrons. The number of thiol groups is 1. The number of carboxylic acid groups (broad SMARTS) is 2. The zero-order valence-corrected chi connectivity index (χ0v) is 63.4. The summed E-state index contributed by atoms with van der Waals surface area (Å²) >= 11 is 4.33. The lowest BCUT2D eigenvalue weighted by atomic mass is 9.99. The first-order valence-corrected chi connectivity index (χ1v) is 37.0. The summed E-state index contributed by atoms with van der Waals surface area (Å²) in [6.07, 6.45) is -0.176. The highest BCUT2D eigenvalue weighted by atomic mass is 32.1. The number of carbonyl (C=O) groups is 15. The minimum atomic E-state index is -1.94. The van der Waals surface area contributed by atoms with Crippen molar-refractivity contribution in [3.05, 3.63) is 36.0 Å². The van der Waals surface area contributed by atoms with E-state index in [9.17, 15) is 92.3 Å². The number of aromatic nitrogens is 1. The Hall–Kier alpha value is -9.04. The molecule has 0 aliphatic carbocycles. The lowest BCUT2D eigenvalue weighted by Crippen LogP contribution is -2.61. The first-order valence-electron chi connectivity index (χ1n) is 36.4. The van der Waals surface area contributed by atoms with Gasteiger partial charge in [-0.1, -0.05) is 73.6 Å². The van der Waals surface area contributed by atoms with Crippen molar-refractivity contribution < 1.29 is 92.3 Å². The molecule has 14 atom stereocenters. The molecule has 3 rings (SSSR count). The van der Waals surface area contributed by atoms with Gasteiger partial charge in [0.2, 0.25) is 76.8 Å². The number of aliphatic hydroxyl groups excluding tert-OH is 2. The number of nitrogens with two attached hydrogens (primary N) is 4. The molecule has 24 N–H and O–H groups in total. The SMILES string of the molecule is CC(C)C[C@H](NC(=O)[C@H](CO)NC(=O)[C@H](CCC(N)=O)NC(=O)[C@H](CC(=O)O)NC(=O)[C@H](Cc1c[nH]c2ccccc12)NC(=O)[C@@H](N)CC(C)C)C(=O)N[C@@H](CCCCN)C(=O)N1CCC[C@H]1C(=O)N[C@@H](CS)C(=O)N[C@H](C(=O)N[C@@H](CCCCN)C(=O)N[C@@H](CC(C)C)C(=O)N[C@H](C(=O)O)[C@@H](C)O)C(C)C. The van der Waals surface area contributed by atoms with E-state index >= 15 is 0 Å². The van der Waals surface area contributed by atoms with Crippen LogP contribution in [0.25, 0.3) is 10.9 Å². The van der Waals surface area contributed by atoms with Crippen LogP contribution in [-0.2, 0) is 78.3 Å². The minimum absolute atomic E-state index is 0.0157. The third-order valence-corrected chi connectivity index (χ3v) is 18.1. The molecule has 107 heavy (non-hydrogen) atoms. The number of H-pyrrole nitrogens is 1. The Morgan fingerprint density at radius 1 is 0.542 bits per heavy atom. The van der Waals surface area contributed by atoms with E-state index in [-0.39, 0.29) is 94.5 Å². The number of carboxylic acids is 2. The van der Waals surface area contributed by atoms with Crippen molar-refractivity contribution in [2.24, 2.45) is 46.6 Å². The number of para-hydroxylation sites is 1. The van der Waals surface area contributed by atoms with Crippen LogP contribution in [0.3, 0.4) is 0 Å². The monoisotopic (exact) mass is 1530 g/mol. The number of aliphatic hydroxyl groups is 2. The van der Waals surface area contributed by atoms with Gasteiger partial charge in [0.05, 0.1) is 25.2 Å². The second-order valence-corrected chi connectivity index (χ2v) is 29.0. The lowest BCUT2D eigenvalue weighted by molar-refractivity contribution is -0.145. The molecule has 0 bridgehead atoms. The number of hydrogen-bond acceptors (Lipinski definition) is 21. The number of carbonyl (C=O) groups excluding carboxylic acids is 13. The van der Waals surface area contributed by atoms with Gasteiger partial charge in [-0.2, -0.15) is 12.6 Å². The first kappa shape index (κ1) is 92.2. The second-order valence-electron chi connectivity index (χ2n) is 28.6. The van der Waals surface area contributed by atoms with Crippen LogP contribution in [0.5, 0.6) is 0 Å². The van der Waals surface area contributed by atoms with Crippen molar-refractivity contribution in [1.29, 1.82) is 0 Å². The van der Waals surface area contributed by atoms with E-state index in [4.69, 9.17) is 22.9 Å². The fourth-order valence-corrected chi connectivity index (χ4v) is 12.2. The quantitative estimate of drug-likeness (QED) is 0.0226. The Bertz CT molecular complexity index is 3350. The minimum Gasteiger partial charge on any atom is -0.481 e. The Kier molecular flexibility index (Phi) is 39.8. The Morgan fingerprint density at radius 3 is 1.52 bits per heavy atom. The molecule has 0 unspecified atom stereocenters. The number of nitrogens with zero attached hydrogens (tertiary/aromatic N) is 1. The van der Waals surface area contributed by atoms with Crippen LogP contribution in [0, 0.1) is 23.7 Å². The predicted molar refractivity (Wildman–Crippen MR) is 396 cm³/mol. The highest BCUT2D eigenvalue weighted by Gasteiger charge is 2.42. The van der Waals surface area contributed by atoms with Crippen molar-refractivity contribution in [2.75, 3.05) is 32.0 Å². The summed E-state index contributed by atoms with van der Waals surface area (Å²) in [5, 5.41) is 68.4. The third kappa shape index (κ3) is 31.0. The number of likely N-dealkylation sites (tertiary alicyclic amines) is 1. The van der Waals surface area contributed by atoms with Crippen molar-refractivity contribution in [3.8, 4) is 0 Å². The largest absolute Gasteiger partial charge is 0.481 e. The summed E-state index contributed by atoms with van der Waals surface area (Å²) < 4.78 is 0. The van der Waals surface area contributed by atoms with E-state index in [1.54, 1.807) is 72.0 Å². The van der Waals surface area contributed by atoms with Gasteiger partial charge in [-0.25, -0.2) is 4.79 Å². The molecule has 1 saturated heterocycles. The highest BCUT2D eigenvalue weighted by Crippen LogP contribution is 2.23. The molecule has 1 aromatic heterocycles. The zero-order chi connectivity index (χ0) is 80.5. The van der Waals surface area contributed by atoms with E-state index in [1.165, 1.54) is 11.8 Å². The molecule has 2 heterocycles. The van der Waals surface area contributed by atoms with Gasteiger partial charge in [0.1, 0.15) is 66.5 Å². The molecule has 13 amide bonds. The maximum atomic E-state index is 14.7. The van der Waals surface area contributed by atoms with Crippen LogP contribution in [0.1, 0.15) is 158 Å². The molecule has 1 fully saturated rings. The number of hydrogen-bond donors (Lipinski definition) is 21. The molecular formula is C70H115N17O19S. The molecule has 1 aliphatic heterocycles. The van der Waals surface area contributed by atoms with Crippen molar-refractivity contribution >= 4 is 112 Å². The fourth-order valence-electron chi connectivity index (χ4n) is 12.0. The van der Waals surface area contributed by atoms with Crippen molar-refractivity contribution in [1.82, 2.24) is 68.4 Å². The number of unbranched alkanes of at least 4 members (excludes halogenated alkanes) is 2. The second kappa shape index (κ2) is 46.2. The van der Waals surface area contributed by atoms with Crippen LogP contribution < -0.4 is 81.4 Å². The maximum absolute atomic E-state index is 14.7. The van der Waals surface area contributed by atoms with Crippen LogP contribution in [0.2, 0.25) is 0 Å². The summed E-state index contributed by atoms with van der Waals surface area (Å²) in [7, 11) is 0. The molecule has 1 aromatic carbocycles. The summed E-state index contributed by atoms with van der Waals surface area (Å²) in [5.41, 5.74) is 24.4. The number of aliphatic carboxylic acids is 2. The zero-order valence-electron chi connectivity index (χ0n) is 62.5.